The van der Waals surface area contributed by atoms with Gasteiger partial charge in [0, 0.05) is 6.54 Å². The number of carbonyl (C=O) groups is 1. The van der Waals surface area contributed by atoms with Crippen LogP contribution in [0.4, 0.5) is 0 Å². The van der Waals surface area contributed by atoms with Gasteiger partial charge in [0.05, 0.1) is 23.5 Å². The highest BCUT2D eigenvalue weighted by Gasteiger charge is 2.17. The third kappa shape index (κ3) is 4.63. The lowest BCUT2D eigenvalue weighted by Gasteiger charge is -2.11. The predicted octanol–water partition coefficient (Wildman–Crippen LogP) is 2.42. The fourth-order valence-electron chi connectivity index (χ4n) is 1.48. The molecule has 0 radical (unpaired) electrons. The molecule has 0 aliphatic rings. The van der Waals surface area contributed by atoms with Gasteiger partial charge in [0.1, 0.15) is 5.69 Å². The molecule has 0 bridgehead atoms. The van der Waals surface area contributed by atoms with Crippen LogP contribution in [0.25, 0.3) is 0 Å². The van der Waals surface area contributed by atoms with Gasteiger partial charge in [-0.2, -0.15) is 16.9 Å². The van der Waals surface area contributed by atoms with Crippen LogP contribution in [0.3, 0.4) is 0 Å². The van der Waals surface area contributed by atoms with Gasteiger partial charge in [-0.05, 0) is 26.3 Å². The van der Waals surface area contributed by atoms with Crippen LogP contribution in [0.1, 0.15) is 23.8 Å². The minimum atomic E-state index is 0.0645. The first-order chi connectivity index (χ1) is 8.56. The molecule has 0 saturated heterocycles. The largest absolute Gasteiger partial charge is 0.308 e. The molecule has 0 N–H and O–H groups in total. The van der Waals surface area contributed by atoms with Crippen LogP contribution in [0.15, 0.2) is 6.20 Å². The Hall–Kier alpha value is -0.520. The van der Waals surface area contributed by atoms with E-state index in [1.54, 1.807) is 22.6 Å². The van der Waals surface area contributed by atoms with Crippen molar-refractivity contribution in [3.05, 3.63) is 16.9 Å². The molecule has 1 rings (SSSR count). The summed E-state index contributed by atoms with van der Waals surface area (Å²) in [5.74, 6) is 1.53. The molecule has 4 nitrogen and oxygen atoms in total. The van der Waals surface area contributed by atoms with Crippen LogP contribution in [0.2, 0.25) is 5.02 Å². The summed E-state index contributed by atoms with van der Waals surface area (Å²) in [5, 5.41) is 4.62. The summed E-state index contributed by atoms with van der Waals surface area (Å²) < 4.78 is 1.71. The molecule has 1 heterocycles. The predicted molar refractivity (Wildman–Crippen MR) is 77.7 cm³/mol. The molecule has 0 spiro atoms. The van der Waals surface area contributed by atoms with E-state index in [0.717, 1.165) is 18.7 Å². The molecule has 102 valence electrons. The van der Waals surface area contributed by atoms with E-state index in [2.05, 4.69) is 16.9 Å². The molecule has 0 aliphatic carbocycles. The Bertz CT molecular complexity index is 393. The molecular weight excluding hydrogens is 270 g/mol. The van der Waals surface area contributed by atoms with Gasteiger partial charge in [0.15, 0.2) is 5.78 Å². The summed E-state index contributed by atoms with van der Waals surface area (Å²) in [4.78, 5) is 14.1. The van der Waals surface area contributed by atoms with Gasteiger partial charge in [0.2, 0.25) is 0 Å². The fraction of sp³-hybridized carbons (Fsp3) is 0.667. The maximum atomic E-state index is 12.1. The number of rotatable bonds is 8. The average molecular weight is 290 g/mol. The summed E-state index contributed by atoms with van der Waals surface area (Å²) in [6.45, 7) is 3.62. The van der Waals surface area contributed by atoms with Gasteiger partial charge in [-0.1, -0.05) is 18.5 Å². The van der Waals surface area contributed by atoms with Crippen LogP contribution in [-0.4, -0.2) is 52.6 Å². The Morgan fingerprint density at radius 2 is 2.28 bits per heavy atom. The van der Waals surface area contributed by atoms with Crippen LogP contribution in [0, 0.1) is 0 Å². The van der Waals surface area contributed by atoms with Gasteiger partial charge < -0.3 is 4.90 Å². The van der Waals surface area contributed by atoms with Gasteiger partial charge in [-0.3, -0.25) is 9.48 Å². The van der Waals surface area contributed by atoms with Crippen molar-refractivity contribution in [2.45, 2.75) is 19.9 Å². The number of thioether (sulfide) groups is 1. The highest BCUT2D eigenvalue weighted by Crippen LogP contribution is 2.18. The van der Waals surface area contributed by atoms with Crippen LogP contribution >= 0.6 is 23.4 Å². The van der Waals surface area contributed by atoms with Crippen LogP contribution in [-0.2, 0) is 6.54 Å². The summed E-state index contributed by atoms with van der Waals surface area (Å²) in [5.41, 5.74) is 0.544. The fourth-order valence-corrected chi connectivity index (χ4v) is 2.48. The van der Waals surface area contributed by atoms with E-state index in [-0.39, 0.29) is 5.78 Å². The molecule has 0 amide bonds. The van der Waals surface area contributed by atoms with Crippen molar-refractivity contribution in [1.29, 1.82) is 0 Å². The van der Waals surface area contributed by atoms with Crippen molar-refractivity contribution < 1.29 is 4.79 Å². The van der Waals surface area contributed by atoms with Crippen molar-refractivity contribution in [2.75, 3.05) is 32.1 Å². The molecule has 0 fully saturated rings. The van der Waals surface area contributed by atoms with Crippen molar-refractivity contribution in [3.63, 3.8) is 0 Å². The van der Waals surface area contributed by atoms with E-state index in [4.69, 9.17) is 11.6 Å². The summed E-state index contributed by atoms with van der Waals surface area (Å²) in [6, 6.07) is 0. The number of aromatic nitrogens is 2. The lowest BCUT2D eigenvalue weighted by Crippen LogP contribution is -2.22. The number of likely N-dealkylation sites (N-methyl/N-ethyl adjacent to an activating group) is 1. The zero-order valence-electron chi connectivity index (χ0n) is 11.1. The van der Waals surface area contributed by atoms with E-state index in [9.17, 15) is 4.79 Å². The lowest BCUT2D eigenvalue weighted by atomic mass is 10.3. The number of halogens is 1. The molecule has 0 atom stereocenters. The SMILES string of the molecule is CCCSCC(=O)c1c(Cl)cnn1CCN(C)C. The van der Waals surface area contributed by atoms with Gasteiger partial charge in [-0.25, -0.2) is 0 Å². The van der Waals surface area contributed by atoms with Crippen LogP contribution < -0.4 is 0 Å². The van der Waals surface area contributed by atoms with Crippen LogP contribution in [0.5, 0.6) is 0 Å². The van der Waals surface area contributed by atoms with Gasteiger partial charge in [-0.15, -0.1) is 0 Å². The van der Waals surface area contributed by atoms with E-state index in [0.29, 0.717) is 23.0 Å². The third-order valence-corrected chi connectivity index (χ3v) is 3.84. The number of carbonyl (C=O) groups excluding carboxylic acids is 1. The number of hydrogen-bond donors (Lipinski definition) is 0. The quantitative estimate of drug-likeness (QED) is 0.544. The Labute approximate surface area is 118 Å². The molecule has 6 heteroatoms. The Kier molecular flexibility index (Phi) is 6.75. The zero-order valence-corrected chi connectivity index (χ0v) is 12.7. The molecule has 0 saturated carbocycles. The first-order valence-electron chi connectivity index (χ1n) is 6.03. The maximum absolute atomic E-state index is 12.1. The van der Waals surface area contributed by atoms with E-state index in [1.165, 1.54) is 0 Å². The van der Waals surface area contributed by atoms with E-state index >= 15 is 0 Å². The topological polar surface area (TPSA) is 38.1 Å². The highest BCUT2D eigenvalue weighted by molar-refractivity contribution is 7.99. The molecule has 0 aromatic carbocycles. The molecule has 1 aromatic heterocycles. The second kappa shape index (κ2) is 7.81. The van der Waals surface area contributed by atoms with Crippen molar-refractivity contribution in [1.82, 2.24) is 14.7 Å². The number of Topliss-reactive ketones (excluding diaryl/α,β-unsaturated/α-hetero) is 1. The average Bonchev–Trinajstić information content (AvgIpc) is 2.68. The first-order valence-corrected chi connectivity index (χ1v) is 7.56. The van der Waals surface area contributed by atoms with Gasteiger partial charge >= 0.3 is 0 Å². The standard InChI is InChI=1S/C12H20ClN3OS/c1-4-7-18-9-11(17)12-10(13)8-14-16(12)6-5-15(2)3/h8H,4-7,9H2,1-3H3. The molecule has 0 unspecified atom stereocenters. The number of ketones is 1. The number of hydrogen-bond acceptors (Lipinski definition) is 4. The number of nitrogens with zero attached hydrogens (tertiary/aromatic N) is 3. The molecule has 0 aliphatic heterocycles. The molecular formula is C12H20ClN3OS. The minimum Gasteiger partial charge on any atom is -0.308 e. The summed E-state index contributed by atoms with van der Waals surface area (Å²) in [6.07, 6.45) is 2.63. The first kappa shape index (κ1) is 15.5. The normalized spacial score (nSPS) is 11.2. The highest BCUT2D eigenvalue weighted by atomic mass is 35.5. The Morgan fingerprint density at radius 3 is 2.89 bits per heavy atom. The maximum Gasteiger partial charge on any atom is 0.192 e. The summed E-state index contributed by atoms with van der Waals surface area (Å²) in [7, 11) is 3.98. The lowest BCUT2D eigenvalue weighted by molar-refractivity contribution is 0.101. The second-order valence-electron chi connectivity index (χ2n) is 4.34. The zero-order chi connectivity index (χ0) is 13.5. The molecule has 18 heavy (non-hydrogen) atoms. The second-order valence-corrected chi connectivity index (χ2v) is 5.86. The molecule has 1 aromatic rings. The van der Waals surface area contributed by atoms with Crippen molar-refractivity contribution in [2.24, 2.45) is 0 Å². The third-order valence-electron chi connectivity index (χ3n) is 2.40. The minimum absolute atomic E-state index is 0.0645. The smallest absolute Gasteiger partial charge is 0.192 e. The Morgan fingerprint density at radius 1 is 1.56 bits per heavy atom. The summed E-state index contributed by atoms with van der Waals surface area (Å²) >= 11 is 7.68. The van der Waals surface area contributed by atoms with E-state index < -0.39 is 0 Å². The van der Waals surface area contributed by atoms with Crippen molar-refractivity contribution in [3.8, 4) is 0 Å². The van der Waals surface area contributed by atoms with Gasteiger partial charge in [0.25, 0.3) is 0 Å². The van der Waals surface area contributed by atoms with E-state index in [1.807, 2.05) is 14.1 Å². The Balaban J connectivity index is 2.67. The van der Waals surface area contributed by atoms with Crippen molar-refractivity contribution >= 4 is 29.1 Å². The monoisotopic (exact) mass is 289 g/mol.